The molecule has 0 aromatic heterocycles. The normalized spacial score (nSPS) is 22.1. The third-order valence-corrected chi connectivity index (χ3v) is 8.37. The van der Waals surface area contributed by atoms with Gasteiger partial charge in [0, 0.05) is 19.1 Å². The molecule has 1 unspecified atom stereocenters. The highest BCUT2D eigenvalue weighted by Gasteiger charge is 2.30. The van der Waals surface area contributed by atoms with Gasteiger partial charge < -0.3 is 10.1 Å². The lowest BCUT2D eigenvalue weighted by Gasteiger charge is -2.16. The van der Waals surface area contributed by atoms with Crippen molar-refractivity contribution >= 4 is 31.7 Å². The summed E-state index contributed by atoms with van der Waals surface area (Å²) in [5.74, 6) is -1.52. The van der Waals surface area contributed by atoms with E-state index >= 15 is 0 Å². The topological polar surface area (TPSA) is 127 Å². The molecule has 0 saturated carbocycles. The molecule has 154 valence electrons. The van der Waals surface area contributed by atoms with Gasteiger partial charge in [-0.1, -0.05) is 6.07 Å². The molecule has 0 spiro atoms. The number of sulfone groups is 1. The van der Waals surface area contributed by atoms with Gasteiger partial charge in [0.1, 0.15) is 0 Å². The molecule has 2 aliphatic rings. The summed E-state index contributed by atoms with van der Waals surface area (Å²) >= 11 is 0. The molecule has 1 amide bonds. The average Bonchev–Trinajstić information content (AvgIpc) is 3.30. The number of hydrogen-bond acceptors (Lipinski definition) is 7. The SMILES string of the molecule is O=C(COC(=O)c1cccc(S(=O)(=O)N2CCCC2)c1)NC1CCS(=O)(=O)C1. The standard InChI is InChI=1S/C17H22N2O7S2/c20-16(18-14-6-9-27(22,23)12-14)11-26-17(21)13-4-3-5-15(10-13)28(24,25)19-7-1-2-8-19/h3-5,10,14H,1-2,6-9,11-12H2,(H,18,20). The van der Waals surface area contributed by atoms with Crippen molar-refractivity contribution in [2.75, 3.05) is 31.2 Å². The van der Waals surface area contributed by atoms with Crippen LogP contribution in [0, 0.1) is 0 Å². The molecular weight excluding hydrogens is 408 g/mol. The van der Waals surface area contributed by atoms with Gasteiger partial charge in [-0.2, -0.15) is 4.31 Å². The van der Waals surface area contributed by atoms with Crippen LogP contribution in [0.5, 0.6) is 0 Å². The fourth-order valence-electron chi connectivity index (χ4n) is 3.25. The van der Waals surface area contributed by atoms with Gasteiger partial charge in [0.05, 0.1) is 22.0 Å². The van der Waals surface area contributed by atoms with Crippen molar-refractivity contribution in [2.45, 2.75) is 30.2 Å². The third-order valence-electron chi connectivity index (χ3n) is 4.70. The van der Waals surface area contributed by atoms with Gasteiger partial charge in [-0.15, -0.1) is 0 Å². The highest BCUT2D eigenvalue weighted by molar-refractivity contribution is 7.91. The van der Waals surface area contributed by atoms with Gasteiger partial charge in [0.25, 0.3) is 5.91 Å². The van der Waals surface area contributed by atoms with Crippen LogP contribution in [0.4, 0.5) is 0 Å². The number of carbonyl (C=O) groups is 2. The lowest BCUT2D eigenvalue weighted by Crippen LogP contribution is -2.38. The van der Waals surface area contributed by atoms with E-state index in [4.69, 9.17) is 4.74 Å². The van der Waals surface area contributed by atoms with Crippen molar-refractivity contribution < 1.29 is 31.2 Å². The predicted molar refractivity (Wildman–Crippen MR) is 99.9 cm³/mol. The molecule has 1 aromatic rings. The second-order valence-electron chi connectivity index (χ2n) is 6.88. The summed E-state index contributed by atoms with van der Waals surface area (Å²) in [6, 6.07) is 5.02. The fraction of sp³-hybridized carbons (Fsp3) is 0.529. The summed E-state index contributed by atoms with van der Waals surface area (Å²) in [5, 5.41) is 2.52. The number of nitrogens with one attached hydrogen (secondary N) is 1. The van der Waals surface area contributed by atoms with Crippen LogP contribution in [-0.4, -0.2) is 70.3 Å². The Morgan fingerprint density at radius 1 is 1.21 bits per heavy atom. The van der Waals surface area contributed by atoms with E-state index in [9.17, 15) is 26.4 Å². The van der Waals surface area contributed by atoms with Crippen molar-refractivity contribution in [2.24, 2.45) is 0 Å². The molecule has 1 N–H and O–H groups in total. The average molecular weight is 431 g/mol. The highest BCUT2D eigenvalue weighted by Crippen LogP contribution is 2.21. The summed E-state index contributed by atoms with van der Waals surface area (Å²) in [6.07, 6.45) is 1.94. The van der Waals surface area contributed by atoms with E-state index < -0.39 is 44.4 Å². The monoisotopic (exact) mass is 430 g/mol. The largest absolute Gasteiger partial charge is 0.452 e. The molecule has 2 heterocycles. The first-order chi connectivity index (χ1) is 13.2. The number of rotatable bonds is 6. The van der Waals surface area contributed by atoms with Crippen LogP contribution in [0.3, 0.4) is 0 Å². The van der Waals surface area contributed by atoms with Gasteiger partial charge in [0.2, 0.25) is 10.0 Å². The summed E-state index contributed by atoms with van der Waals surface area (Å²) in [7, 11) is -6.79. The first-order valence-corrected chi connectivity index (χ1v) is 12.2. The van der Waals surface area contributed by atoms with Gasteiger partial charge >= 0.3 is 5.97 Å². The molecule has 1 atom stereocenters. The zero-order valence-corrected chi connectivity index (χ0v) is 16.8. The zero-order valence-electron chi connectivity index (χ0n) is 15.2. The predicted octanol–water partition coefficient (Wildman–Crippen LogP) is -0.0688. The molecule has 11 heteroatoms. The van der Waals surface area contributed by atoms with E-state index in [1.54, 1.807) is 0 Å². The number of benzene rings is 1. The lowest BCUT2D eigenvalue weighted by atomic mass is 10.2. The third kappa shape index (κ3) is 4.89. The molecule has 0 bridgehead atoms. The number of amides is 1. The summed E-state index contributed by atoms with van der Waals surface area (Å²) < 4.78 is 54.3. The number of sulfonamides is 1. The molecule has 2 aliphatic heterocycles. The Labute approximate surface area is 164 Å². The Morgan fingerprint density at radius 2 is 1.93 bits per heavy atom. The molecule has 2 saturated heterocycles. The maximum atomic E-state index is 12.6. The first kappa shape index (κ1) is 20.7. The molecule has 0 aliphatic carbocycles. The molecule has 28 heavy (non-hydrogen) atoms. The molecule has 2 fully saturated rings. The Bertz CT molecular complexity index is 967. The summed E-state index contributed by atoms with van der Waals surface area (Å²) in [4.78, 5) is 24.0. The minimum Gasteiger partial charge on any atom is -0.452 e. The lowest BCUT2D eigenvalue weighted by molar-refractivity contribution is -0.124. The first-order valence-electron chi connectivity index (χ1n) is 8.94. The van der Waals surface area contributed by atoms with Gasteiger partial charge in [-0.25, -0.2) is 21.6 Å². The molecular formula is C17H22N2O7S2. The quantitative estimate of drug-likeness (QED) is 0.626. The second kappa shape index (κ2) is 8.18. The van der Waals surface area contributed by atoms with Crippen molar-refractivity contribution in [1.29, 1.82) is 0 Å². The van der Waals surface area contributed by atoms with Crippen LogP contribution in [0.15, 0.2) is 29.2 Å². The minimum absolute atomic E-state index is 0.00413. The van der Waals surface area contributed by atoms with E-state index in [1.807, 2.05) is 0 Å². The van der Waals surface area contributed by atoms with E-state index in [0.29, 0.717) is 19.5 Å². The van der Waals surface area contributed by atoms with Crippen molar-refractivity contribution in [3.05, 3.63) is 29.8 Å². The Kier molecular flexibility index (Phi) is 6.06. The Morgan fingerprint density at radius 3 is 2.57 bits per heavy atom. The van der Waals surface area contributed by atoms with E-state index in [-0.39, 0.29) is 22.0 Å². The molecule has 0 radical (unpaired) electrons. The zero-order chi connectivity index (χ0) is 20.4. The second-order valence-corrected chi connectivity index (χ2v) is 11.0. The van der Waals surface area contributed by atoms with Crippen LogP contribution in [0.2, 0.25) is 0 Å². The van der Waals surface area contributed by atoms with Crippen molar-refractivity contribution in [3.63, 3.8) is 0 Å². The Hall–Kier alpha value is -1.98. The number of ether oxygens (including phenoxy) is 1. The molecule has 3 rings (SSSR count). The van der Waals surface area contributed by atoms with Crippen molar-refractivity contribution in [1.82, 2.24) is 9.62 Å². The van der Waals surface area contributed by atoms with Crippen LogP contribution in [0.25, 0.3) is 0 Å². The van der Waals surface area contributed by atoms with Crippen LogP contribution in [-0.2, 0) is 29.4 Å². The van der Waals surface area contributed by atoms with Gasteiger partial charge in [-0.05, 0) is 37.5 Å². The van der Waals surface area contributed by atoms with Gasteiger partial charge in [0.15, 0.2) is 16.4 Å². The van der Waals surface area contributed by atoms with Crippen molar-refractivity contribution in [3.8, 4) is 0 Å². The molecule has 9 nitrogen and oxygen atoms in total. The van der Waals surface area contributed by atoms with E-state index in [0.717, 1.165) is 12.8 Å². The number of hydrogen-bond donors (Lipinski definition) is 1. The Balaban J connectivity index is 1.58. The smallest absolute Gasteiger partial charge is 0.338 e. The summed E-state index contributed by atoms with van der Waals surface area (Å²) in [5.41, 5.74) is 0.0246. The summed E-state index contributed by atoms with van der Waals surface area (Å²) in [6.45, 7) is 0.334. The number of carbonyl (C=O) groups excluding carboxylic acids is 2. The minimum atomic E-state index is -3.66. The fourth-order valence-corrected chi connectivity index (χ4v) is 6.49. The number of nitrogens with zero attached hydrogens (tertiary/aromatic N) is 1. The highest BCUT2D eigenvalue weighted by atomic mass is 32.2. The maximum Gasteiger partial charge on any atom is 0.338 e. The van der Waals surface area contributed by atoms with Crippen LogP contribution in [0.1, 0.15) is 29.6 Å². The van der Waals surface area contributed by atoms with E-state index in [1.165, 1.54) is 28.6 Å². The molecule has 1 aromatic carbocycles. The maximum absolute atomic E-state index is 12.6. The van der Waals surface area contributed by atoms with Crippen LogP contribution < -0.4 is 5.32 Å². The van der Waals surface area contributed by atoms with Gasteiger partial charge in [-0.3, -0.25) is 4.79 Å². The van der Waals surface area contributed by atoms with Crippen LogP contribution >= 0.6 is 0 Å². The number of esters is 1. The van der Waals surface area contributed by atoms with E-state index in [2.05, 4.69) is 5.32 Å².